The van der Waals surface area contributed by atoms with Crippen molar-refractivity contribution in [2.24, 2.45) is 5.92 Å². The molecule has 112 valence electrons. The van der Waals surface area contributed by atoms with E-state index in [1.54, 1.807) is 0 Å². The lowest BCUT2D eigenvalue weighted by Crippen LogP contribution is -2.36. The molecular formula is C20H26O. The Hall–Kier alpha value is -1.34. The summed E-state index contributed by atoms with van der Waals surface area (Å²) in [5.74, 6) is 0.836. The molecule has 0 bridgehead atoms. The lowest BCUT2D eigenvalue weighted by atomic mass is 9.74. The number of aliphatic hydroxyl groups is 1. The summed E-state index contributed by atoms with van der Waals surface area (Å²) in [4.78, 5) is 0. The first-order valence-electron chi connectivity index (χ1n) is 8.39. The van der Waals surface area contributed by atoms with Crippen LogP contribution in [0.2, 0.25) is 0 Å². The summed E-state index contributed by atoms with van der Waals surface area (Å²) in [6.07, 6.45) is 7.69. The number of benzene rings is 2. The second-order valence-electron chi connectivity index (χ2n) is 6.77. The highest BCUT2D eigenvalue weighted by molar-refractivity contribution is 5.85. The monoisotopic (exact) mass is 282 g/mol. The smallest absolute Gasteiger partial charge is 0.0688 e. The van der Waals surface area contributed by atoms with E-state index in [-0.39, 0.29) is 0 Å². The molecule has 0 spiro atoms. The van der Waals surface area contributed by atoms with E-state index >= 15 is 0 Å². The fourth-order valence-electron chi connectivity index (χ4n) is 3.89. The summed E-state index contributed by atoms with van der Waals surface area (Å²) >= 11 is 0. The van der Waals surface area contributed by atoms with Crippen LogP contribution >= 0.6 is 0 Å². The van der Waals surface area contributed by atoms with Crippen molar-refractivity contribution in [1.29, 1.82) is 0 Å². The van der Waals surface area contributed by atoms with Crippen molar-refractivity contribution in [1.82, 2.24) is 0 Å². The Balaban J connectivity index is 1.76. The minimum Gasteiger partial charge on any atom is -0.390 e. The van der Waals surface area contributed by atoms with Gasteiger partial charge in [-0.1, -0.05) is 62.2 Å². The van der Waals surface area contributed by atoms with Crippen molar-refractivity contribution in [3.63, 3.8) is 0 Å². The second-order valence-corrected chi connectivity index (χ2v) is 6.77. The van der Waals surface area contributed by atoms with Gasteiger partial charge in [-0.05, 0) is 47.9 Å². The van der Waals surface area contributed by atoms with Crippen molar-refractivity contribution in [3.05, 3.63) is 48.0 Å². The third-order valence-corrected chi connectivity index (χ3v) is 5.13. The van der Waals surface area contributed by atoms with E-state index in [1.807, 2.05) is 0 Å². The van der Waals surface area contributed by atoms with Gasteiger partial charge >= 0.3 is 0 Å². The molecule has 1 heteroatoms. The van der Waals surface area contributed by atoms with Crippen LogP contribution in [0.1, 0.15) is 51.0 Å². The van der Waals surface area contributed by atoms with Crippen LogP contribution in [0.5, 0.6) is 0 Å². The lowest BCUT2D eigenvalue weighted by Gasteiger charge is -2.36. The van der Waals surface area contributed by atoms with Crippen LogP contribution in [-0.4, -0.2) is 10.7 Å². The summed E-state index contributed by atoms with van der Waals surface area (Å²) in [6, 6.07) is 15.0. The van der Waals surface area contributed by atoms with Gasteiger partial charge in [0.25, 0.3) is 0 Å². The molecule has 0 heterocycles. The highest BCUT2D eigenvalue weighted by Gasteiger charge is 2.33. The number of hydrogen-bond acceptors (Lipinski definition) is 1. The molecule has 1 nitrogen and oxygen atoms in total. The Labute approximate surface area is 128 Å². The Bertz CT molecular complexity index is 588. The average Bonchev–Trinajstić information content (AvgIpc) is 2.50. The molecule has 0 saturated heterocycles. The molecule has 0 amide bonds. The number of rotatable bonds is 4. The van der Waals surface area contributed by atoms with Crippen molar-refractivity contribution in [2.75, 3.05) is 0 Å². The topological polar surface area (TPSA) is 20.2 Å². The maximum atomic E-state index is 11.0. The van der Waals surface area contributed by atoms with Gasteiger partial charge in [0.05, 0.1) is 5.60 Å². The van der Waals surface area contributed by atoms with Gasteiger partial charge in [-0.15, -0.1) is 0 Å². The molecule has 1 saturated carbocycles. The van der Waals surface area contributed by atoms with Gasteiger partial charge in [-0.3, -0.25) is 0 Å². The Morgan fingerprint density at radius 2 is 1.76 bits per heavy atom. The average molecular weight is 282 g/mol. The molecule has 1 N–H and O–H groups in total. The fourth-order valence-corrected chi connectivity index (χ4v) is 3.89. The number of fused-ring (bicyclic) bond motifs is 1. The molecular weight excluding hydrogens is 256 g/mol. The van der Waals surface area contributed by atoms with E-state index < -0.39 is 5.60 Å². The maximum absolute atomic E-state index is 11.0. The molecule has 0 unspecified atom stereocenters. The first-order chi connectivity index (χ1) is 10.2. The van der Waals surface area contributed by atoms with E-state index in [9.17, 15) is 5.11 Å². The van der Waals surface area contributed by atoms with Gasteiger partial charge in [-0.2, -0.15) is 0 Å². The fraction of sp³-hybridized carbons (Fsp3) is 0.500. The molecule has 1 aliphatic rings. The van der Waals surface area contributed by atoms with Gasteiger partial charge in [0.15, 0.2) is 0 Å². The summed E-state index contributed by atoms with van der Waals surface area (Å²) in [5, 5.41) is 13.5. The molecule has 1 aliphatic carbocycles. The van der Waals surface area contributed by atoms with Crippen LogP contribution in [0.4, 0.5) is 0 Å². The van der Waals surface area contributed by atoms with Crippen LogP contribution in [-0.2, 0) is 6.42 Å². The third-order valence-electron chi connectivity index (χ3n) is 5.13. The Morgan fingerprint density at radius 1 is 1.05 bits per heavy atom. The van der Waals surface area contributed by atoms with Crippen LogP contribution in [0.3, 0.4) is 0 Å². The molecule has 1 fully saturated rings. The standard InChI is InChI=1S/C20H26O/c1-2-6-16-11-13-20(21,14-12-16)15-18-9-5-8-17-7-3-4-10-19(17)18/h3-5,7-10,16,21H,2,6,11-15H2,1H3. The molecule has 0 atom stereocenters. The zero-order chi connectivity index (χ0) is 14.7. The van der Waals surface area contributed by atoms with Crippen LogP contribution in [0.15, 0.2) is 42.5 Å². The Kier molecular flexibility index (Phi) is 4.30. The third kappa shape index (κ3) is 3.29. The molecule has 2 aromatic rings. The normalized spacial score (nSPS) is 26.1. The quantitative estimate of drug-likeness (QED) is 0.826. The summed E-state index contributed by atoms with van der Waals surface area (Å²) in [7, 11) is 0. The van der Waals surface area contributed by atoms with Gasteiger partial charge in [0, 0.05) is 6.42 Å². The summed E-state index contributed by atoms with van der Waals surface area (Å²) < 4.78 is 0. The highest BCUT2D eigenvalue weighted by Crippen LogP contribution is 2.37. The highest BCUT2D eigenvalue weighted by atomic mass is 16.3. The summed E-state index contributed by atoms with van der Waals surface area (Å²) in [6.45, 7) is 2.26. The minimum atomic E-state index is -0.492. The first-order valence-corrected chi connectivity index (χ1v) is 8.39. The van der Waals surface area contributed by atoms with Crippen molar-refractivity contribution in [2.45, 2.75) is 57.5 Å². The van der Waals surface area contributed by atoms with Crippen LogP contribution < -0.4 is 0 Å². The molecule has 0 radical (unpaired) electrons. The van der Waals surface area contributed by atoms with Crippen LogP contribution in [0, 0.1) is 5.92 Å². The molecule has 21 heavy (non-hydrogen) atoms. The Morgan fingerprint density at radius 3 is 2.52 bits per heavy atom. The van der Waals surface area contributed by atoms with E-state index in [1.165, 1.54) is 42.0 Å². The van der Waals surface area contributed by atoms with Gasteiger partial charge < -0.3 is 5.11 Å². The zero-order valence-electron chi connectivity index (χ0n) is 13.0. The van der Waals surface area contributed by atoms with Crippen LogP contribution in [0.25, 0.3) is 10.8 Å². The maximum Gasteiger partial charge on any atom is 0.0688 e. The first kappa shape index (κ1) is 14.6. The molecule has 2 aromatic carbocycles. The predicted octanol–water partition coefficient (Wildman–Crippen LogP) is 5.10. The minimum absolute atomic E-state index is 0.492. The lowest BCUT2D eigenvalue weighted by molar-refractivity contribution is -0.00961. The van der Waals surface area contributed by atoms with Gasteiger partial charge in [0.2, 0.25) is 0 Å². The molecule has 0 aromatic heterocycles. The van der Waals surface area contributed by atoms with Crippen molar-refractivity contribution in [3.8, 4) is 0 Å². The van der Waals surface area contributed by atoms with Crippen molar-refractivity contribution < 1.29 is 5.11 Å². The predicted molar refractivity (Wildman–Crippen MR) is 89.5 cm³/mol. The summed E-state index contributed by atoms with van der Waals surface area (Å²) in [5.41, 5.74) is 0.804. The van der Waals surface area contributed by atoms with E-state index in [4.69, 9.17) is 0 Å². The zero-order valence-corrected chi connectivity index (χ0v) is 13.0. The number of hydrogen-bond donors (Lipinski definition) is 1. The largest absolute Gasteiger partial charge is 0.390 e. The van der Waals surface area contributed by atoms with Gasteiger partial charge in [0.1, 0.15) is 0 Å². The molecule has 0 aliphatic heterocycles. The molecule has 3 rings (SSSR count). The van der Waals surface area contributed by atoms with Crippen molar-refractivity contribution >= 4 is 10.8 Å². The van der Waals surface area contributed by atoms with E-state index in [0.29, 0.717) is 0 Å². The van der Waals surface area contributed by atoms with E-state index in [0.717, 1.165) is 25.2 Å². The van der Waals surface area contributed by atoms with Gasteiger partial charge in [-0.25, -0.2) is 0 Å². The SMILES string of the molecule is CCCC1CCC(O)(Cc2cccc3ccccc23)CC1. The second kappa shape index (κ2) is 6.19. The van der Waals surface area contributed by atoms with E-state index in [2.05, 4.69) is 49.4 Å².